The number of allylic oxidation sites excluding steroid dienone is 6. The molecule has 1 nitrogen and oxygen atoms in total. The zero-order valence-electron chi connectivity index (χ0n) is 11.3. The van der Waals surface area contributed by atoms with E-state index in [0.717, 1.165) is 34.3 Å². The van der Waals surface area contributed by atoms with Gasteiger partial charge in [-0.15, -0.1) is 0 Å². The average Bonchev–Trinajstić information content (AvgIpc) is 2.32. The van der Waals surface area contributed by atoms with Crippen molar-refractivity contribution in [1.29, 1.82) is 0 Å². The Hall–Kier alpha value is -1.76. The van der Waals surface area contributed by atoms with Gasteiger partial charge < -0.3 is 5.73 Å². The van der Waals surface area contributed by atoms with Gasteiger partial charge in [0.1, 0.15) is 0 Å². The van der Waals surface area contributed by atoms with Gasteiger partial charge in [0.15, 0.2) is 0 Å². The molecule has 0 unspecified atom stereocenters. The van der Waals surface area contributed by atoms with Crippen LogP contribution < -0.4 is 5.73 Å². The quantitative estimate of drug-likeness (QED) is 0.670. The lowest BCUT2D eigenvalue weighted by atomic mass is 9.92. The Labute approximate surface area is 105 Å². The van der Waals surface area contributed by atoms with Crippen molar-refractivity contribution in [3.05, 3.63) is 72.0 Å². The van der Waals surface area contributed by atoms with Crippen LogP contribution in [0.5, 0.6) is 0 Å². The zero-order valence-corrected chi connectivity index (χ0v) is 11.3. The molecule has 0 spiro atoms. The van der Waals surface area contributed by atoms with E-state index in [9.17, 15) is 0 Å². The van der Waals surface area contributed by atoms with Gasteiger partial charge in [0.05, 0.1) is 0 Å². The van der Waals surface area contributed by atoms with E-state index in [1.165, 1.54) is 0 Å². The van der Waals surface area contributed by atoms with Crippen LogP contribution in [0.1, 0.15) is 27.2 Å². The lowest BCUT2D eigenvalue weighted by Gasteiger charge is -2.16. The molecule has 92 valence electrons. The monoisotopic (exact) mass is 229 g/mol. The lowest BCUT2D eigenvalue weighted by Crippen LogP contribution is -2.08. The summed E-state index contributed by atoms with van der Waals surface area (Å²) in [6, 6.07) is 0. The first-order chi connectivity index (χ1) is 7.90. The largest absolute Gasteiger partial charge is 0.398 e. The first kappa shape index (κ1) is 15.2. The van der Waals surface area contributed by atoms with E-state index >= 15 is 0 Å². The summed E-state index contributed by atoms with van der Waals surface area (Å²) in [5, 5.41) is 0. The maximum atomic E-state index is 6.20. The van der Waals surface area contributed by atoms with Crippen molar-refractivity contribution >= 4 is 0 Å². The van der Waals surface area contributed by atoms with E-state index in [0.29, 0.717) is 5.70 Å². The smallest absolute Gasteiger partial charge is 0.0428 e. The van der Waals surface area contributed by atoms with Gasteiger partial charge in [-0.3, -0.25) is 0 Å². The normalized spacial score (nSPS) is 13.4. The van der Waals surface area contributed by atoms with Crippen molar-refractivity contribution < 1.29 is 0 Å². The molecule has 0 saturated heterocycles. The number of hydrogen-bond donors (Lipinski definition) is 1. The topological polar surface area (TPSA) is 26.0 Å². The van der Waals surface area contributed by atoms with E-state index in [1.54, 1.807) is 6.08 Å². The van der Waals surface area contributed by atoms with E-state index in [4.69, 9.17) is 5.73 Å². The predicted octanol–water partition coefficient (Wildman–Crippen LogP) is 4.43. The van der Waals surface area contributed by atoms with Crippen molar-refractivity contribution in [2.75, 3.05) is 0 Å². The van der Waals surface area contributed by atoms with Gasteiger partial charge in [-0.05, 0) is 37.0 Å². The highest BCUT2D eigenvalue weighted by Gasteiger charge is 2.11. The number of nitrogens with two attached hydrogens (primary N) is 1. The van der Waals surface area contributed by atoms with Crippen LogP contribution in [0.2, 0.25) is 0 Å². The third-order valence-corrected chi connectivity index (χ3v) is 2.83. The van der Waals surface area contributed by atoms with Crippen LogP contribution in [0.15, 0.2) is 72.0 Å². The summed E-state index contributed by atoms with van der Waals surface area (Å²) < 4.78 is 0. The molecule has 0 atom stereocenters. The molecule has 1 heteroatoms. The zero-order chi connectivity index (χ0) is 13.6. The molecule has 0 bridgehead atoms. The minimum atomic E-state index is 0.708. The van der Waals surface area contributed by atoms with E-state index in [2.05, 4.69) is 33.2 Å². The molecule has 2 N–H and O–H groups in total. The first-order valence-corrected chi connectivity index (χ1v) is 5.70. The third kappa shape index (κ3) is 3.63. The van der Waals surface area contributed by atoms with Crippen LogP contribution in [0.25, 0.3) is 0 Å². The minimum Gasteiger partial charge on any atom is -0.398 e. The highest BCUT2D eigenvalue weighted by Crippen LogP contribution is 2.26. The fourth-order valence-electron chi connectivity index (χ4n) is 1.49. The molecule has 0 aliphatic heterocycles. The molecule has 17 heavy (non-hydrogen) atoms. The van der Waals surface area contributed by atoms with Crippen molar-refractivity contribution in [3.8, 4) is 0 Å². The van der Waals surface area contributed by atoms with Crippen molar-refractivity contribution in [2.45, 2.75) is 27.2 Å². The summed E-state index contributed by atoms with van der Waals surface area (Å²) in [7, 11) is 0. The molecule has 0 aromatic heterocycles. The second kappa shape index (κ2) is 6.74. The molecule has 0 aromatic carbocycles. The molecule has 0 amide bonds. The Kier molecular flexibility index (Phi) is 6.05. The van der Waals surface area contributed by atoms with Gasteiger partial charge in [0.25, 0.3) is 0 Å². The van der Waals surface area contributed by atoms with Crippen molar-refractivity contribution in [3.63, 3.8) is 0 Å². The van der Waals surface area contributed by atoms with E-state index < -0.39 is 0 Å². The van der Waals surface area contributed by atoms with Crippen LogP contribution in [-0.2, 0) is 0 Å². The van der Waals surface area contributed by atoms with Gasteiger partial charge in [-0.25, -0.2) is 0 Å². The molecule has 0 rings (SSSR count). The Bertz CT molecular complexity index is 417. The number of hydrogen-bond acceptors (Lipinski definition) is 1. The SMILES string of the molecule is C=CC(=C)C(=C(/C=C)CC)/C(N)=C(\C)C(=C)C. The fraction of sp³-hybridized carbons (Fsp3) is 0.250. The first-order valence-electron chi connectivity index (χ1n) is 5.70. The molecule has 0 aliphatic rings. The van der Waals surface area contributed by atoms with Crippen molar-refractivity contribution in [1.82, 2.24) is 0 Å². The van der Waals surface area contributed by atoms with E-state index in [1.807, 2.05) is 19.9 Å². The van der Waals surface area contributed by atoms with E-state index in [-0.39, 0.29) is 0 Å². The fourth-order valence-corrected chi connectivity index (χ4v) is 1.49. The maximum absolute atomic E-state index is 6.20. The van der Waals surface area contributed by atoms with Gasteiger partial charge in [-0.1, -0.05) is 51.0 Å². The van der Waals surface area contributed by atoms with Gasteiger partial charge in [0, 0.05) is 11.3 Å². The standard InChI is InChI=1S/C16H23N/c1-8-12(6)15(14(9-2)10-3)16(17)13(7)11(4)5/h8-9H,1-2,4,6,10,17H2,3,5,7H3/b15-14+,16-13-. The summed E-state index contributed by atoms with van der Waals surface area (Å²) >= 11 is 0. The van der Waals surface area contributed by atoms with Crippen LogP contribution >= 0.6 is 0 Å². The van der Waals surface area contributed by atoms with Crippen molar-refractivity contribution in [2.24, 2.45) is 5.73 Å². The summed E-state index contributed by atoms with van der Waals surface area (Å²) in [5.41, 5.74) is 11.7. The summed E-state index contributed by atoms with van der Waals surface area (Å²) in [6.45, 7) is 21.4. The second-order valence-electron chi connectivity index (χ2n) is 4.01. The summed E-state index contributed by atoms with van der Waals surface area (Å²) in [4.78, 5) is 0. The van der Waals surface area contributed by atoms with Crippen LogP contribution in [0.3, 0.4) is 0 Å². The predicted molar refractivity (Wildman–Crippen MR) is 78.6 cm³/mol. The molecule has 0 radical (unpaired) electrons. The summed E-state index contributed by atoms with van der Waals surface area (Å²) in [6.07, 6.45) is 4.39. The Morgan fingerprint density at radius 1 is 1.12 bits per heavy atom. The second-order valence-corrected chi connectivity index (χ2v) is 4.01. The highest BCUT2D eigenvalue weighted by molar-refractivity contribution is 5.57. The molecule has 0 fully saturated rings. The third-order valence-electron chi connectivity index (χ3n) is 2.83. The molecule has 0 aliphatic carbocycles. The maximum Gasteiger partial charge on any atom is 0.0428 e. The molecular weight excluding hydrogens is 206 g/mol. The van der Waals surface area contributed by atoms with Crippen LogP contribution in [0, 0.1) is 0 Å². The average molecular weight is 229 g/mol. The minimum absolute atomic E-state index is 0.708. The van der Waals surface area contributed by atoms with Crippen LogP contribution in [0.4, 0.5) is 0 Å². The van der Waals surface area contributed by atoms with Crippen LogP contribution in [-0.4, -0.2) is 0 Å². The molecule has 0 heterocycles. The molecular formula is C16H23N. The van der Waals surface area contributed by atoms with Gasteiger partial charge >= 0.3 is 0 Å². The molecule has 0 aromatic rings. The Morgan fingerprint density at radius 3 is 1.94 bits per heavy atom. The molecule has 0 saturated carbocycles. The Balaban J connectivity index is 6.00. The van der Waals surface area contributed by atoms with Gasteiger partial charge in [0.2, 0.25) is 0 Å². The highest BCUT2D eigenvalue weighted by atomic mass is 14.6. The lowest BCUT2D eigenvalue weighted by molar-refractivity contribution is 1.09. The summed E-state index contributed by atoms with van der Waals surface area (Å²) in [5.74, 6) is 0. The Morgan fingerprint density at radius 2 is 1.65 bits per heavy atom. The van der Waals surface area contributed by atoms with Gasteiger partial charge in [-0.2, -0.15) is 0 Å². The number of rotatable bonds is 6.